The fraction of sp³-hybridized carbons (Fsp3) is 0.217. The zero-order valence-electron chi connectivity index (χ0n) is 16.2. The van der Waals surface area contributed by atoms with Crippen LogP contribution in [-0.2, 0) is 13.2 Å². The van der Waals surface area contributed by atoms with E-state index >= 15 is 0 Å². The number of rotatable bonds is 7. The number of hydrogen-bond acceptors (Lipinski definition) is 3. The van der Waals surface area contributed by atoms with Crippen molar-refractivity contribution in [2.24, 2.45) is 0 Å². The van der Waals surface area contributed by atoms with Crippen molar-refractivity contribution in [3.05, 3.63) is 95.3 Å². The van der Waals surface area contributed by atoms with Gasteiger partial charge in [0.15, 0.2) is 0 Å². The van der Waals surface area contributed by atoms with E-state index in [1.165, 1.54) is 0 Å². The van der Waals surface area contributed by atoms with E-state index in [0.717, 1.165) is 28.1 Å². The summed E-state index contributed by atoms with van der Waals surface area (Å²) >= 11 is 0. The molecule has 5 heteroatoms. The van der Waals surface area contributed by atoms with Crippen molar-refractivity contribution in [3.63, 3.8) is 0 Å². The molecule has 0 aliphatic carbocycles. The Bertz CT molecular complexity index is 895. The largest absolute Gasteiger partial charge is 0.487 e. The van der Waals surface area contributed by atoms with Crippen LogP contribution in [0.2, 0.25) is 0 Å². The van der Waals surface area contributed by atoms with E-state index in [-0.39, 0.29) is 12.1 Å². The number of nitrogens with zero attached hydrogens (tertiary/aromatic N) is 1. The Morgan fingerprint density at radius 3 is 2.50 bits per heavy atom. The summed E-state index contributed by atoms with van der Waals surface area (Å²) in [6, 6.07) is 21.2. The monoisotopic (exact) mass is 375 g/mol. The second-order valence-corrected chi connectivity index (χ2v) is 6.66. The Kier molecular flexibility index (Phi) is 6.63. The van der Waals surface area contributed by atoms with Gasteiger partial charge in [0.1, 0.15) is 12.4 Å². The van der Waals surface area contributed by atoms with Crippen LogP contribution >= 0.6 is 0 Å². The molecule has 0 saturated heterocycles. The molecule has 2 amide bonds. The van der Waals surface area contributed by atoms with Crippen LogP contribution in [0.3, 0.4) is 0 Å². The molecule has 0 aliphatic heterocycles. The van der Waals surface area contributed by atoms with Crippen LogP contribution in [0, 0.1) is 6.92 Å². The van der Waals surface area contributed by atoms with Gasteiger partial charge in [-0.05, 0) is 54.8 Å². The number of aromatic nitrogens is 1. The summed E-state index contributed by atoms with van der Waals surface area (Å²) in [4.78, 5) is 16.4. The highest BCUT2D eigenvalue weighted by molar-refractivity contribution is 5.74. The maximum Gasteiger partial charge on any atom is 0.315 e. The van der Waals surface area contributed by atoms with Gasteiger partial charge in [0.05, 0.1) is 11.7 Å². The summed E-state index contributed by atoms with van der Waals surface area (Å²) in [6.45, 7) is 4.91. The SMILES string of the molecule is Cc1ccccc1C(C)NC(=O)NCc1ccc(OCc2ccccn2)cc1. The Hall–Kier alpha value is -3.34. The molecule has 3 aromatic rings. The van der Waals surface area contributed by atoms with E-state index < -0.39 is 0 Å². The smallest absolute Gasteiger partial charge is 0.315 e. The summed E-state index contributed by atoms with van der Waals surface area (Å²) in [5.41, 5.74) is 4.17. The lowest BCUT2D eigenvalue weighted by molar-refractivity contribution is 0.237. The average molecular weight is 375 g/mol. The predicted molar refractivity (Wildman–Crippen MR) is 110 cm³/mol. The lowest BCUT2D eigenvalue weighted by atomic mass is 10.0. The third-order valence-corrected chi connectivity index (χ3v) is 4.49. The van der Waals surface area contributed by atoms with E-state index in [1.807, 2.05) is 80.6 Å². The molecular weight excluding hydrogens is 350 g/mol. The Labute approximate surface area is 165 Å². The molecule has 1 aromatic heterocycles. The number of nitrogens with one attached hydrogen (secondary N) is 2. The van der Waals surface area contributed by atoms with Crippen LogP contribution in [0.5, 0.6) is 5.75 Å². The second kappa shape index (κ2) is 9.55. The number of carbonyl (C=O) groups excluding carboxylic acids is 1. The van der Waals surface area contributed by atoms with Gasteiger partial charge in [-0.25, -0.2) is 4.79 Å². The number of hydrogen-bond donors (Lipinski definition) is 2. The van der Waals surface area contributed by atoms with Crippen LogP contribution in [0.25, 0.3) is 0 Å². The molecular formula is C23H25N3O2. The van der Waals surface area contributed by atoms with Gasteiger partial charge >= 0.3 is 6.03 Å². The Morgan fingerprint density at radius 1 is 1.04 bits per heavy atom. The minimum atomic E-state index is -0.189. The molecule has 2 aromatic carbocycles. The number of amides is 2. The zero-order chi connectivity index (χ0) is 19.8. The molecule has 0 spiro atoms. The third kappa shape index (κ3) is 5.58. The van der Waals surface area contributed by atoms with Gasteiger partial charge in [-0.15, -0.1) is 0 Å². The standard InChI is InChI=1S/C23H25N3O2/c1-17-7-3-4-9-22(17)18(2)26-23(27)25-15-19-10-12-21(13-11-19)28-16-20-8-5-6-14-24-20/h3-14,18H,15-16H2,1-2H3,(H2,25,26,27). The van der Waals surface area contributed by atoms with Gasteiger partial charge in [-0.2, -0.15) is 0 Å². The number of urea groups is 1. The van der Waals surface area contributed by atoms with Crippen LogP contribution in [0.15, 0.2) is 72.9 Å². The normalized spacial score (nSPS) is 11.5. The first-order valence-electron chi connectivity index (χ1n) is 9.33. The molecule has 0 radical (unpaired) electrons. The van der Waals surface area contributed by atoms with Crippen LogP contribution < -0.4 is 15.4 Å². The first-order valence-corrected chi connectivity index (χ1v) is 9.33. The van der Waals surface area contributed by atoms with Crippen molar-refractivity contribution >= 4 is 6.03 Å². The van der Waals surface area contributed by atoms with E-state index in [9.17, 15) is 4.79 Å². The average Bonchev–Trinajstić information content (AvgIpc) is 2.72. The van der Waals surface area contributed by atoms with E-state index in [0.29, 0.717) is 13.2 Å². The van der Waals surface area contributed by atoms with Crippen molar-refractivity contribution in [1.29, 1.82) is 0 Å². The summed E-state index contributed by atoms with van der Waals surface area (Å²) < 4.78 is 5.72. The summed E-state index contributed by atoms with van der Waals surface area (Å²) in [5, 5.41) is 5.87. The fourth-order valence-electron chi connectivity index (χ4n) is 2.92. The van der Waals surface area contributed by atoms with Crippen molar-refractivity contribution in [1.82, 2.24) is 15.6 Å². The van der Waals surface area contributed by atoms with Crippen molar-refractivity contribution in [2.75, 3.05) is 0 Å². The molecule has 28 heavy (non-hydrogen) atoms. The van der Waals surface area contributed by atoms with Gasteiger partial charge in [-0.1, -0.05) is 42.5 Å². The van der Waals surface area contributed by atoms with Gasteiger partial charge in [0.25, 0.3) is 0 Å². The lowest BCUT2D eigenvalue weighted by Crippen LogP contribution is -2.36. The highest BCUT2D eigenvalue weighted by Crippen LogP contribution is 2.17. The molecule has 0 saturated carbocycles. The van der Waals surface area contributed by atoms with Gasteiger partial charge in [-0.3, -0.25) is 4.98 Å². The maximum atomic E-state index is 12.2. The highest BCUT2D eigenvalue weighted by atomic mass is 16.5. The number of carbonyl (C=O) groups is 1. The topological polar surface area (TPSA) is 63.2 Å². The zero-order valence-corrected chi connectivity index (χ0v) is 16.2. The first kappa shape index (κ1) is 19.4. The van der Waals surface area contributed by atoms with E-state index in [4.69, 9.17) is 4.74 Å². The lowest BCUT2D eigenvalue weighted by Gasteiger charge is -2.17. The van der Waals surface area contributed by atoms with Crippen molar-refractivity contribution in [3.8, 4) is 5.75 Å². The second-order valence-electron chi connectivity index (χ2n) is 6.66. The molecule has 2 N–H and O–H groups in total. The molecule has 1 atom stereocenters. The molecule has 0 bridgehead atoms. The summed E-state index contributed by atoms with van der Waals surface area (Å²) in [6.07, 6.45) is 1.75. The Morgan fingerprint density at radius 2 is 1.79 bits per heavy atom. The van der Waals surface area contributed by atoms with Gasteiger partial charge < -0.3 is 15.4 Å². The maximum absolute atomic E-state index is 12.2. The molecule has 144 valence electrons. The quantitative estimate of drug-likeness (QED) is 0.638. The molecule has 5 nitrogen and oxygen atoms in total. The van der Waals surface area contributed by atoms with Crippen molar-refractivity contribution in [2.45, 2.75) is 33.0 Å². The predicted octanol–water partition coefficient (Wildman–Crippen LogP) is 4.53. The van der Waals surface area contributed by atoms with E-state index in [2.05, 4.69) is 15.6 Å². The minimum absolute atomic E-state index is 0.0522. The van der Waals surface area contributed by atoms with Crippen LogP contribution in [-0.4, -0.2) is 11.0 Å². The number of benzene rings is 2. The Balaban J connectivity index is 1.45. The number of pyridine rings is 1. The van der Waals surface area contributed by atoms with Gasteiger partial charge in [0.2, 0.25) is 0 Å². The van der Waals surface area contributed by atoms with Crippen LogP contribution in [0.4, 0.5) is 4.79 Å². The molecule has 0 aliphatic rings. The van der Waals surface area contributed by atoms with Gasteiger partial charge in [0, 0.05) is 12.7 Å². The molecule has 1 heterocycles. The number of ether oxygens (including phenoxy) is 1. The molecule has 3 rings (SSSR count). The first-order chi connectivity index (χ1) is 13.6. The third-order valence-electron chi connectivity index (χ3n) is 4.49. The minimum Gasteiger partial charge on any atom is -0.487 e. The highest BCUT2D eigenvalue weighted by Gasteiger charge is 2.10. The molecule has 1 unspecified atom stereocenters. The van der Waals surface area contributed by atoms with Crippen LogP contribution in [0.1, 0.15) is 35.3 Å². The molecule has 0 fully saturated rings. The van der Waals surface area contributed by atoms with Crippen molar-refractivity contribution < 1.29 is 9.53 Å². The van der Waals surface area contributed by atoms with E-state index in [1.54, 1.807) is 6.20 Å². The summed E-state index contributed by atoms with van der Waals surface area (Å²) in [5.74, 6) is 0.770. The summed E-state index contributed by atoms with van der Waals surface area (Å²) in [7, 11) is 0. The fourth-order valence-corrected chi connectivity index (χ4v) is 2.92. The number of aryl methyl sites for hydroxylation is 1.